The van der Waals surface area contributed by atoms with Gasteiger partial charge in [0.05, 0.1) is 39.2 Å². The van der Waals surface area contributed by atoms with Crippen LogP contribution in [0.2, 0.25) is 0 Å². The van der Waals surface area contributed by atoms with E-state index in [0.29, 0.717) is 29.4 Å². The van der Waals surface area contributed by atoms with Crippen LogP contribution in [-0.2, 0) is 16.0 Å². The molecule has 0 aromatic heterocycles. The lowest BCUT2D eigenvalue weighted by Crippen LogP contribution is -2.20. The largest absolute Gasteiger partial charge is 0.493 e. The summed E-state index contributed by atoms with van der Waals surface area (Å²) in [6, 6.07) is 7.89. The first-order valence-electron chi connectivity index (χ1n) is 9.41. The molecule has 0 spiro atoms. The molecule has 1 unspecified atom stereocenters. The minimum absolute atomic E-state index is 0.238. The van der Waals surface area contributed by atoms with Gasteiger partial charge in [-0.3, -0.25) is 0 Å². The van der Waals surface area contributed by atoms with Gasteiger partial charge in [-0.05, 0) is 41.0 Å². The molecule has 1 N–H and O–H groups in total. The molecule has 2 aromatic rings. The minimum Gasteiger partial charge on any atom is -0.493 e. The Morgan fingerprint density at radius 1 is 1.00 bits per heavy atom. The average Bonchev–Trinajstić information content (AvgIpc) is 3.35. The van der Waals surface area contributed by atoms with Crippen molar-refractivity contribution < 1.29 is 28.5 Å². The van der Waals surface area contributed by atoms with E-state index in [0.717, 1.165) is 40.2 Å². The number of hydrogen-bond donors (Lipinski definition) is 1. The Bertz CT molecular complexity index is 1030. The quantitative estimate of drug-likeness (QED) is 0.798. The van der Waals surface area contributed by atoms with E-state index >= 15 is 0 Å². The van der Waals surface area contributed by atoms with E-state index in [9.17, 15) is 4.79 Å². The highest BCUT2D eigenvalue weighted by atomic mass is 16.5. The van der Waals surface area contributed by atoms with Crippen molar-refractivity contribution >= 4 is 11.7 Å². The molecule has 0 bridgehead atoms. The van der Waals surface area contributed by atoms with Crippen molar-refractivity contribution in [3.05, 3.63) is 52.2 Å². The molecule has 1 atom stereocenters. The summed E-state index contributed by atoms with van der Waals surface area (Å²) in [5.74, 6) is 1.78. The Morgan fingerprint density at radius 2 is 1.76 bits per heavy atom. The maximum Gasteiger partial charge on any atom is 0.337 e. The Morgan fingerprint density at radius 3 is 2.45 bits per heavy atom. The Balaban J connectivity index is 1.74. The Labute approximate surface area is 168 Å². The Kier molecular flexibility index (Phi) is 4.04. The van der Waals surface area contributed by atoms with Gasteiger partial charge in [-0.1, -0.05) is 0 Å². The number of cyclic esters (lactones) is 1. The van der Waals surface area contributed by atoms with Crippen molar-refractivity contribution in [2.75, 3.05) is 39.9 Å². The number of rotatable bonds is 4. The van der Waals surface area contributed by atoms with E-state index < -0.39 is 0 Å². The van der Waals surface area contributed by atoms with Crippen molar-refractivity contribution in [3.63, 3.8) is 0 Å². The van der Waals surface area contributed by atoms with Gasteiger partial charge in [-0.25, -0.2) is 4.79 Å². The van der Waals surface area contributed by atoms with Crippen LogP contribution in [0, 0.1) is 0 Å². The number of fused-ring (bicyclic) bond motifs is 2. The van der Waals surface area contributed by atoms with Crippen LogP contribution in [0.25, 0.3) is 0 Å². The number of methoxy groups -OCH3 is 3. The van der Waals surface area contributed by atoms with Gasteiger partial charge in [-0.2, -0.15) is 0 Å². The maximum absolute atomic E-state index is 12.6. The summed E-state index contributed by atoms with van der Waals surface area (Å²) in [7, 11) is 4.72. The van der Waals surface area contributed by atoms with Crippen LogP contribution < -0.4 is 24.3 Å². The molecule has 0 saturated carbocycles. The van der Waals surface area contributed by atoms with E-state index in [4.69, 9.17) is 23.7 Å². The second kappa shape index (κ2) is 6.62. The van der Waals surface area contributed by atoms with Gasteiger partial charge in [0.25, 0.3) is 0 Å². The van der Waals surface area contributed by atoms with E-state index in [1.54, 1.807) is 21.3 Å². The number of carbonyl (C=O) groups excluding carboxylic acids is 1. The fourth-order valence-corrected chi connectivity index (χ4v) is 4.33. The summed E-state index contributed by atoms with van der Waals surface area (Å²) in [5.41, 5.74) is 5.33. The predicted molar refractivity (Wildman–Crippen MR) is 105 cm³/mol. The molecule has 0 amide bonds. The monoisotopic (exact) mass is 395 g/mol. The third-order valence-corrected chi connectivity index (χ3v) is 5.66. The van der Waals surface area contributed by atoms with E-state index in [2.05, 4.69) is 11.4 Å². The zero-order valence-electron chi connectivity index (χ0n) is 16.5. The van der Waals surface area contributed by atoms with Gasteiger partial charge in [0.15, 0.2) is 11.5 Å². The smallest absolute Gasteiger partial charge is 0.337 e. The first-order chi connectivity index (χ1) is 14.1. The molecule has 0 aliphatic carbocycles. The molecule has 0 fully saturated rings. The summed E-state index contributed by atoms with van der Waals surface area (Å²) >= 11 is 0. The van der Waals surface area contributed by atoms with Crippen LogP contribution >= 0.6 is 0 Å². The van der Waals surface area contributed by atoms with Gasteiger partial charge >= 0.3 is 5.97 Å². The van der Waals surface area contributed by atoms with Crippen LogP contribution in [0.3, 0.4) is 0 Å². The second-order valence-electron chi connectivity index (χ2n) is 7.13. The van der Waals surface area contributed by atoms with Crippen LogP contribution in [0.5, 0.6) is 23.0 Å². The molecule has 3 heterocycles. The van der Waals surface area contributed by atoms with E-state index in [1.807, 2.05) is 18.2 Å². The molecule has 29 heavy (non-hydrogen) atoms. The lowest BCUT2D eigenvalue weighted by Gasteiger charge is -2.28. The zero-order chi connectivity index (χ0) is 20.1. The number of anilines is 1. The summed E-state index contributed by atoms with van der Waals surface area (Å²) in [6.07, 6.45) is 0.875. The average molecular weight is 395 g/mol. The van der Waals surface area contributed by atoms with E-state index in [-0.39, 0.29) is 18.5 Å². The lowest BCUT2D eigenvalue weighted by atomic mass is 9.80. The van der Waals surface area contributed by atoms with Crippen molar-refractivity contribution in [1.29, 1.82) is 0 Å². The summed E-state index contributed by atoms with van der Waals surface area (Å²) in [6.45, 7) is 0.907. The molecule has 5 rings (SSSR count). The highest BCUT2D eigenvalue weighted by Crippen LogP contribution is 2.50. The molecule has 150 valence electrons. The fraction of sp³-hybridized carbons (Fsp3) is 0.318. The van der Waals surface area contributed by atoms with Gasteiger partial charge < -0.3 is 29.0 Å². The molecule has 3 aliphatic heterocycles. The SMILES string of the molecule is COc1cc(C2C3=C(COC3=O)Nc3cc4c(cc32)OCC4)cc(OC)c1OC. The van der Waals surface area contributed by atoms with E-state index in [1.165, 1.54) is 0 Å². The minimum atomic E-state index is -0.334. The molecular weight excluding hydrogens is 374 g/mol. The van der Waals surface area contributed by atoms with Gasteiger partial charge in [0.1, 0.15) is 12.4 Å². The molecular formula is C22H21NO6. The third kappa shape index (κ3) is 2.61. The van der Waals surface area contributed by atoms with Crippen molar-refractivity contribution in [2.24, 2.45) is 0 Å². The summed E-state index contributed by atoms with van der Waals surface area (Å²) in [4.78, 5) is 12.6. The van der Waals surface area contributed by atoms with Crippen LogP contribution in [0.15, 0.2) is 35.5 Å². The molecule has 7 heteroatoms. The van der Waals surface area contributed by atoms with Gasteiger partial charge in [0.2, 0.25) is 5.75 Å². The number of hydrogen-bond acceptors (Lipinski definition) is 7. The first kappa shape index (κ1) is 17.7. The van der Waals surface area contributed by atoms with Crippen LogP contribution in [0.4, 0.5) is 5.69 Å². The summed E-state index contributed by atoms with van der Waals surface area (Å²) < 4.78 is 27.6. The molecule has 0 saturated heterocycles. The highest BCUT2D eigenvalue weighted by molar-refractivity contribution is 5.97. The zero-order valence-corrected chi connectivity index (χ0v) is 16.5. The molecule has 0 radical (unpaired) electrons. The number of carbonyl (C=O) groups is 1. The topological polar surface area (TPSA) is 75.3 Å². The molecule has 7 nitrogen and oxygen atoms in total. The molecule has 3 aliphatic rings. The predicted octanol–water partition coefficient (Wildman–Crippen LogP) is 3.02. The third-order valence-electron chi connectivity index (χ3n) is 5.66. The maximum atomic E-state index is 12.6. The second-order valence-corrected chi connectivity index (χ2v) is 7.13. The molecule has 2 aromatic carbocycles. The number of esters is 1. The van der Waals surface area contributed by atoms with Crippen molar-refractivity contribution in [1.82, 2.24) is 0 Å². The van der Waals surface area contributed by atoms with Gasteiger partial charge in [0, 0.05) is 18.0 Å². The normalized spacial score (nSPS) is 18.9. The van der Waals surface area contributed by atoms with Crippen LogP contribution in [-0.4, -0.2) is 40.5 Å². The first-order valence-corrected chi connectivity index (χ1v) is 9.41. The fourth-order valence-electron chi connectivity index (χ4n) is 4.33. The number of nitrogens with one attached hydrogen (secondary N) is 1. The Hall–Kier alpha value is -3.35. The van der Waals surface area contributed by atoms with Crippen molar-refractivity contribution in [3.8, 4) is 23.0 Å². The number of ether oxygens (including phenoxy) is 5. The van der Waals surface area contributed by atoms with Gasteiger partial charge in [-0.15, -0.1) is 0 Å². The van der Waals surface area contributed by atoms with Crippen LogP contribution in [0.1, 0.15) is 22.6 Å². The lowest BCUT2D eigenvalue weighted by molar-refractivity contribution is -0.136. The van der Waals surface area contributed by atoms with Crippen molar-refractivity contribution in [2.45, 2.75) is 12.3 Å². The highest BCUT2D eigenvalue weighted by Gasteiger charge is 2.40. The number of benzene rings is 2. The summed E-state index contributed by atoms with van der Waals surface area (Å²) in [5, 5.41) is 3.39. The standard InChI is InChI=1S/C22H21NO6/c1-25-17-7-12(8-18(26-2)21(17)27-3)19-13-9-16-11(4-5-28-16)6-14(13)23-15-10-29-22(24)20(15)19/h6-9,19,23H,4-5,10H2,1-3H3.